The van der Waals surface area contributed by atoms with Crippen LogP contribution in [-0.2, 0) is 10.2 Å². The maximum absolute atomic E-state index is 12.9. The zero-order chi connectivity index (χ0) is 18.7. The van der Waals surface area contributed by atoms with Gasteiger partial charge in [0.1, 0.15) is 5.01 Å². The Hall–Kier alpha value is -2.05. The first-order chi connectivity index (χ1) is 12.4. The first kappa shape index (κ1) is 18.7. The highest BCUT2D eigenvalue weighted by molar-refractivity contribution is 9.10. The maximum Gasteiger partial charge on any atom is 0.230 e. The molecule has 2 heterocycles. The molecule has 0 bridgehead atoms. The molecule has 2 aromatic heterocycles. The molecule has 1 amide bonds. The van der Waals surface area contributed by atoms with Crippen LogP contribution in [0.2, 0.25) is 0 Å². The lowest BCUT2D eigenvalue weighted by molar-refractivity contribution is -0.126. The number of hydrogen-bond acceptors (Lipinski definition) is 4. The number of nitrogens with zero attached hydrogens (tertiary/aromatic N) is 2. The highest BCUT2D eigenvalue weighted by Gasteiger charge is 2.31. The second-order valence-corrected chi connectivity index (χ2v) is 8.44. The fourth-order valence-corrected chi connectivity index (χ4v) is 3.68. The highest BCUT2D eigenvalue weighted by atomic mass is 79.9. The van der Waals surface area contributed by atoms with Crippen molar-refractivity contribution in [1.29, 1.82) is 0 Å². The summed E-state index contributed by atoms with van der Waals surface area (Å²) in [6.07, 6.45) is 3.50. The molecule has 0 saturated carbocycles. The van der Waals surface area contributed by atoms with Gasteiger partial charge in [-0.15, -0.1) is 11.3 Å². The number of benzene rings is 1. The Balaban J connectivity index is 1.73. The Morgan fingerprint density at radius 1 is 1.15 bits per heavy atom. The molecule has 0 saturated heterocycles. The number of halogens is 1. The fourth-order valence-electron chi connectivity index (χ4n) is 2.58. The van der Waals surface area contributed by atoms with Crippen LogP contribution in [0.3, 0.4) is 0 Å². The Kier molecular flexibility index (Phi) is 5.53. The quantitative estimate of drug-likeness (QED) is 0.611. The molecule has 0 fully saturated rings. The molecule has 4 nitrogen and oxygen atoms in total. The summed E-state index contributed by atoms with van der Waals surface area (Å²) < 4.78 is 0.997. The van der Waals surface area contributed by atoms with E-state index in [-0.39, 0.29) is 11.9 Å². The molecule has 1 N–H and O–H groups in total. The van der Waals surface area contributed by atoms with Gasteiger partial charge in [0.2, 0.25) is 5.91 Å². The molecule has 26 heavy (non-hydrogen) atoms. The third-order valence-electron chi connectivity index (χ3n) is 4.35. The molecule has 0 spiro atoms. The van der Waals surface area contributed by atoms with Gasteiger partial charge in [0, 0.05) is 27.8 Å². The Morgan fingerprint density at radius 3 is 2.46 bits per heavy atom. The third kappa shape index (κ3) is 4.02. The number of aromatic nitrogens is 2. The normalized spacial score (nSPS) is 12.6. The predicted octanol–water partition coefficient (Wildman–Crippen LogP) is 5.12. The van der Waals surface area contributed by atoms with Gasteiger partial charge in [0.15, 0.2) is 0 Å². The molecule has 0 aliphatic heterocycles. The number of rotatable bonds is 5. The molecule has 134 valence electrons. The average molecular weight is 430 g/mol. The maximum atomic E-state index is 12.9. The number of nitrogens with one attached hydrogen (secondary N) is 1. The van der Waals surface area contributed by atoms with E-state index in [0.717, 1.165) is 26.3 Å². The van der Waals surface area contributed by atoms with Gasteiger partial charge in [-0.1, -0.05) is 28.1 Å². The van der Waals surface area contributed by atoms with Gasteiger partial charge in [-0.2, -0.15) is 0 Å². The average Bonchev–Trinajstić information content (AvgIpc) is 3.13. The van der Waals surface area contributed by atoms with Crippen molar-refractivity contribution in [3.8, 4) is 11.3 Å². The zero-order valence-electron chi connectivity index (χ0n) is 14.9. The molecular weight excluding hydrogens is 410 g/mol. The Morgan fingerprint density at radius 2 is 1.81 bits per heavy atom. The van der Waals surface area contributed by atoms with E-state index in [9.17, 15) is 4.79 Å². The van der Waals surface area contributed by atoms with E-state index in [0.29, 0.717) is 0 Å². The Bertz CT molecular complexity index is 891. The lowest BCUT2D eigenvalue weighted by atomic mass is 9.83. The van der Waals surface area contributed by atoms with Crippen LogP contribution in [0, 0.1) is 0 Å². The predicted molar refractivity (Wildman–Crippen MR) is 109 cm³/mol. The van der Waals surface area contributed by atoms with Gasteiger partial charge in [0.25, 0.3) is 0 Å². The van der Waals surface area contributed by atoms with Crippen molar-refractivity contribution in [3.05, 3.63) is 69.2 Å². The number of thiazole rings is 1. The van der Waals surface area contributed by atoms with Crippen molar-refractivity contribution in [3.63, 3.8) is 0 Å². The van der Waals surface area contributed by atoms with Crippen LogP contribution >= 0.6 is 27.3 Å². The van der Waals surface area contributed by atoms with Crippen molar-refractivity contribution in [2.75, 3.05) is 0 Å². The lowest BCUT2D eigenvalue weighted by Crippen LogP contribution is -2.41. The van der Waals surface area contributed by atoms with Gasteiger partial charge in [-0.25, -0.2) is 4.98 Å². The number of amides is 1. The second kappa shape index (κ2) is 7.68. The molecular formula is C20H20BrN3OS. The number of carbonyl (C=O) groups excluding carboxylic acids is 1. The summed E-state index contributed by atoms with van der Waals surface area (Å²) >= 11 is 4.98. The summed E-state index contributed by atoms with van der Waals surface area (Å²) in [4.78, 5) is 21.6. The van der Waals surface area contributed by atoms with Crippen LogP contribution in [-0.4, -0.2) is 15.9 Å². The van der Waals surface area contributed by atoms with Crippen molar-refractivity contribution in [1.82, 2.24) is 15.3 Å². The first-order valence-electron chi connectivity index (χ1n) is 8.31. The van der Waals surface area contributed by atoms with E-state index in [1.54, 1.807) is 23.7 Å². The van der Waals surface area contributed by atoms with Gasteiger partial charge >= 0.3 is 0 Å². The monoisotopic (exact) mass is 429 g/mol. The van der Waals surface area contributed by atoms with Crippen LogP contribution in [0.5, 0.6) is 0 Å². The third-order valence-corrected chi connectivity index (χ3v) is 5.91. The molecule has 1 atom stereocenters. The van der Waals surface area contributed by atoms with Crippen LogP contribution in [0.25, 0.3) is 11.3 Å². The van der Waals surface area contributed by atoms with E-state index in [1.807, 2.05) is 62.5 Å². The van der Waals surface area contributed by atoms with E-state index in [1.165, 1.54) is 0 Å². The smallest absolute Gasteiger partial charge is 0.230 e. The molecule has 6 heteroatoms. The number of hydrogen-bond donors (Lipinski definition) is 1. The first-order valence-corrected chi connectivity index (χ1v) is 9.98. The zero-order valence-corrected chi connectivity index (χ0v) is 17.3. The molecule has 0 aliphatic rings. The van der Waals surface area contributed by atoms with Crippen molar-refractivity contribution < 1.29 is 4.79 Å². The minimum atomic E-state index is -0.625. The summed E-state index contributed by atoms with van der Waals surface area (Å²) in [5.74, 6) is -0.0204. The summed E-state index contributed by atoms with van der Waals surface area (Å²) in [5.41, 5.74) is 2.28. The van der Waals surface area contributed by atoms with Gasteiger partial charge < -0.3 is 5.32 Å². The lowest BCUT2D eigenvalue weighted by Gasteiger charge is -2.26. The molecule has 1 aromatic carbocycles. The van der Waals surface area contributed by atoms with E-state index in [2.05, 4.69) is 31.2 Å². The summed E-state index contributed by atoms with van der Waals surface area (Å²) in [5, 5.41) is 5.99. The summed E-state index contributed by atoms with van der Waals surface area (Å²) in [6.45, 7) is 5.83. The summed E-state index contributed by atoms with van der Waals surface area (Å²) in [6, 6.07) is 11.6. The standard InChI is InChI=1S/C20H20BrN3OS/c1-13(18-24-17(12-26-18)14-8-10-22-11-9-14)23-19(25)20(2,3)15-4-6-16(21)7-5-15/h4-13H,1-3H3,(H,23,25). The van der Waals surface area contributed by atoms with Crippen molar-refractivity contribution >= 4 is 33.2 Å². The van der Waals surface area contributed by atoms with E-state index < -0.39 is 5.41 Å². The van der Waals surface area contributed by atoms with Gasteiger partial charge in [-0.3, -0.25) is 9.78 Å². The number of pyridine rings is 1. The molecule has 0 aliphatic carbocycles. The molecule has 3 rings (SSSR count). The fraction of sp³-hybridized carbons (Fsp3) is 0.250. The van der Waals surface area contributed by atoms with Crippen molar-refractivity contribution in [2.45, 2.75) is 32.2 Å². The van der Waals surface area contributed by atoms with Crippen LogP contribution in [0.4, 0.5) is 0 Å². The highest BCUT2D eigenvalue weighted by Crippen LogP contribution is 2.28. The largest absolute Gasteiger partial charge is 0.346 e. The molecule has 3 aromatic rings. The molecule has 0 radical (unpaired) electrons. The topological polar surface area (TPSA) is 54.9 Å². The summed E-state index contributed by atoms with van der Waals surface area (Å²) in [7, 11) is 0. The van der Waals surface area contributed by atoms with Gasteiger partial charge in [-0.05, 0) is 50.6 Å². The van der Waals surface area contributed by atoms with Crippen LogP contribution in [0.15, 0.2) is 58.6 Å². The number of carbonyl (C=O) groups is 1. The van der Waals surface area contributed by atoms with E-state index >= 15 is 0 Å². The minimum Gasteiger partial charge on any atom is -0.346 e. The van der Waals surface area contributed by atoms with Crippen LogP contribution < -0.4 is 5.32 Å². The minimum absolute atomic E-state index is 0.0204. The second-order valence-electron chi connectivity index (χ2n) is 6.63. The van der Waals surface area contributed by atoms with Crippen molar-refractivity contribution in [2.24, 2.45) is 0 Å². The SMILES string of the molecule is CC(NC(=O)C(C)(C)c1ccc(Br)cc1)c1nc(-c2ccncc2)cs1. The van der Waals surface area contributed by atoms with Gasteiger partial charge in [0.05, 0.1) is 17.2 Å². The van der Waals surface area contributed by atoms with Crippen LogP contribution in [0.1, 0.15) is 37.4 Å². The molecule has 1 unspecified atom stereocenters. The Labute approximate surface area is 165 Å². The van der Waals surface area contributed by atoms with E-state index in [4.69, 9.17) is 0 Å².